The molecule has 0 aliphatic heterocycles. The number of halogens is 2. The van der Waals surface area contributed by atoms with E-state index in [1.54, 1.807) is 0 Å². The van der Waals surface area contributed by atoms with E-state index in [1.807, 2.05) is 28.8 Å². The average Bonchev–Trinajstić information content (AvgIpc) is 2.78. The molecule has 3 rings (SSSR count). The second-order valence-corrected chi connectivity index (χ2v) is 4.92. The Balaban J connectivity index is 1.82. The maximum atomic E-state index is 13.1. The highest BCUT2D eigenvalue weighted by molar-refractivity contribution is 7.98. The molecule has 0 fully saturated rings. The summed E-state index contributed by atoms with van der Waals surface area (Å²) in [5.41, 5.74) is 1.32. The molecule has 2 aromatic heterocycles. The molecule has 0 unspecified atom stereocenters. The minimum Gasteiger partial charge on any atom is -0.277 e. The third-order valence-electron chi connectivity index (χ3n) is 2.57. The molecular weight excluding hydrogens is 268 g/mol. The molecule has 0 saturated carbocycles. The molecule has 0 atom stereocenters. The topological polar surface area (TPSA) is 30.2 Å². The fourth-order valence-electron chi connectivity index (χ4n) is 1.76. The van der Waals surface area contributed by atoms with E-state index >= 15 is 0 Å². The van der Waals surface area contributed by atoms with Crippen LogP contribution in [-0.2, 0) is 5.75 Å². The van der Waals surface area contributed by atoms with Gasteiger partial charge in [-0.1, -0.05) is 17.8 Å². The molecular formula is C13H9F2N3S. The molecule has 3 nitrogen and oxygen atoms in total. The van der Waals surface area contributed by atoms with E-state index in [4.69, 9.17) is 0 Å². The lowest BCUT2D eigenvalue weighted by molar-refractivity contribution is 0.581. The number of hydrogen-bond acceptors (Lipinski definition) is 3. The highest BCUT2D eigenvalue weighted by Crippen LogP contribution is 2.22. The van der Waals surface area contributed by atoms with Gasteiger partial charge in [-0.3, -0.25) is 4.40 Å². The van der Waals surface area contributed by atoms with Crippen molar-refractivity contribution >= 4 is 17.4 Å². The number of thioether (sulfide) groups is 1. The SMILES string of the molecule is Fc1cc(F)cc(CSc2nnc3ccccn23)c1. The zero-order valence-corrected chi connectivity index (χ0v) is 10.6. The summed E-state index contributed by atoms with van der Waals surface area (Å²) in [4.78, 5) is 0. The van der Waals surface area contributed by atoms with E-state index < -0.39 is 11.6 Å². The summed E-state index contributed by atoms with van der Waals surface area (Å²) in [5.74, 6) is -0.701. The number of fused-ring (bicyclic) bond motifs is 1. The van der Waals surface area contributed by atoms with E-state index in [9.17, 15) is 8.78 Å². The Hall–Kier alpha value is -1.95. The van der Waals surface area contributed by atoms with E-state index in [1.165, 1.54) is 23.9 Å². The standard InChI is InChI=1S/C13H9F2N3S/c14-10-5-9(6-11(15)7-10)8-19-13-17-16-12-3-1-2-4-18(12)13/h1-7H,8H2. The zero-order valence-electron chi connectivity index (χ0n) is 9.75. The van der Waals surface area contributed by atoms with Crippen molar-refractivity contribution in [2.45, 2.75) is 10.9 Å². The van der Waals surface area contributed by atoms with Crippen molar-refractivity contribution in [1.82, 2.24) is 14.6 Å². The van der Waals surface area contributed by atoms with E-state index in [-0.39, 0.29) is 0 Å². The van der Waals surface area contributed by atoms with Gasteiger partial charge in [0.05, 0.1) is 0 Å². The Labute approximate surface area is 112 Å². The van der Waals surface area contributed by atoms with Crippen molar-refractivity contribution in [3.05, 3.63) is 59.8 Å². The van der Waals surface area contributed by atoms with Gasteiger partial charge in [-0.25, -0.2) is 8.78 Å². The lowest BCUT2D eigenvalue weighted by Gasteiger charge is -2.01. The molecule has 0 N–H and O–H groups in total. The molecule has 6 heteroatoms. The smallest absolute Gasteiger partial charge is 0.195 e. The van der Waals surface area contributed by atoms with Crippen molar-refractivity contribution < 1.29 is 8.78 Å². The summed E-state index contributed by atoms with van der Waals surface area (Å²) >= 11 is 1.38. The van der Waals surface area contributed by atoms with Crippen LogP contribution in [0.25, 0.3) is 5.65 Å². The Kier molecular flexibility index (Phi) is 3.16. The fourth-order valence-corrected chi connectivity index (χ4v) is 2.61. The van der Waals surface area contributed by atoms with Gasteiger partial charge >= 0.3 is 0 Å². The van der Waals surface area contributed by atoms with Crippen molar-refractivity contribution in [1.29, 1.82) is 0 Å². The van der Waals surface area contributed by atoms with E-state index in [0.717, 1.165) is 11.7 Å². The Morgan fingerprint density at radius 2 is 1.84 bits per heavy atom. The van der Waals surface area contributed by atoms with Crippen LogP contribution in [0.3, 0.4) is 0 Å². The molecule has 3 aromatic rings. The molecule has 19 heavy (non-hydrogen) atoms. The molecule has 96 valence electrons. The van der Waals surface area contributed by atoms with Gasteiger partial charge in [0.25, 0.3) is 0 Å². The second-order valence-electron chi connectivity index (χ2n) is 3.98. The monoisotopic (exact) mass is 277 g/mol. The van der Waals surface area contributed by atoms with Gasteiger partial charge in [0, 0.05) is 18.0 Å². The van der Waals surface area contributed by atoms with Gasteiger partial charge in [-0.15, -0.1) is 10.2 Å². The summed E-state index contributed by atoms with van der Waals surface area (Å²) in [6, 6.07) is 9.10. The molecule has 0 bridgehead atoms. The first-order chi connectivity index (χ1) is 9.22. The number of aromatic nitrogens is 3. The minimum atomic E-state index is -0.568. The van der Waals surface area contributed by atoms with Gasteiger partial charge in [-0.2, -0.15) is 0 Å². The molecule has 1 aromatic carbocycles. The van der Waals surface area contributed by atoms with Gasteiger partial charge in [0.2, 0.25) is 0 Å². The van der Waals surface area contributed by atoms with Crippen molar-refractivity contribution in [2.24, 2.45) is 0 Å². The maximum absolute atomic E-state index is 13.1. The highest BCUT2D eigenvalue weighted by atomic mass is 32.2. The van der Waals surface area contributed by atoms with E-state index in [0.29, 0.717) is 16.5 Å². The zero-order chi connectivity index (χ0) is 13.2. The number of rotatable bonds is 3. The third kappa shape index (κ3) is 2.58. The molecule has 0 amide bonds. The van der Waals surface area contributed by atoms with Gasteiger partial charge in [-0.05, 0) is 29.8 Å². The molecule has 2 heterocycles. The number of benzene rings is 1. The largest absolute Gasteiger partial charge is 0.277 e. The summed E-state index contributed by atoms with van der Waals surface area (Å²) < 4.78 is 28.0. The lowest BCUT2D eigenvalue weighted by Crippen LogP contribution is -1.89. The summed E-state index contributed by atoms with van der Waals surface area (Å²) in [5, 5.41) is 8.75. The van der Waals surface area contributed by atoms with Crippen molar-refractivity contribution in [2.75, 3.05) is 0 Å². The molecule has 0 radical (unpaired) electrons. The predicted molar refractivity (Wildman–Crippen MR) is 68.9 cm³/mol. The normalized spacial score (nSPS) is 11.1. The molecule has 0 saturated heterocycles. The number of nitrogens with zero attached hydrogens (tertiary/aromatic N) is 3. The van der Waals surface area contributed by atoms with Crippen LogP contribution in [0.1, 0.15) is 5.56 Å². The minimum absolute atomic E-state index is 0.435. The van der Waals surface area contributed by atoms with Gasteiger partial charge < -0.3 is 0 Å². The van der Waals surface area contributed by atoms with E-state index in [2.05, 4.69) is 10.2 Å². The van der Waals surface area contributed by atoms with Crippen LogP contribution in [0.2, 0.25) is 0 Å². The van der Waals surface area contributed by atoms with Crippen LogP contribution >= 0.6 is 11.8 Å². The van der Waals surface area contributed by atoms with Crippen LogP contribution < -0.4 is 0 Å². The first-order valence-corrected chi connectivity index (χ1v) is 6.58. The molecule has 0 aliphatic carbocycles. The highest BCUT2D eigenvalue weighted by Gasteiger charge is 2.07. The quantitative estimate of drug-likeness (QED) is 0.688. The van der Waals surface area contributed by atoms with Gasteiger partial charge in [0.1, 0.15) is 11.6 Å². The van der Waals surface area contributed by atoms with Gasteiger partial charge in [0.15, 0.2) is 10.8 Å². The number of hydrogen-bond donors (Lipinski definition) is 0. The predicted octanol–water partition coefficient (Wildman–Crippen LogP) is 3.30. The third-order valence-corrected chi connectivity index (χ3v) is 3.59. The summed E-state index contributed by atoms with van der Waals surface area (Å²) in [6.45, 7) is 0. The van der Waals surface area contributed by atoms with Crippen LogP contribution in [0, 0.1) is 11.6 Å². The number of pyridine rings is 1. The first-order valence-electron chi connectivity index (χ1n) is 5.60. The Bertz CT molecular complexity index is 706. The lowest BCUT2D eigenvalue weighted by atomic mass is 10.2. The Morgan fingerprint density at radius 3 is 2.63 bits per heavy atom. The van der Waals surface area contributed by atoms with Crippen LogP contribution in [0.5, 0.6) is 0 Å². The molecule has 0 aliphatic rings. The molecule has 0 spiro atoms. The Morgan fingerprint density at radius 1 is 1.05 bits per heavy atom. The summed E-state index contributed by atoms with van der Waals surface area (Å²) in [6.07, 6.45) is 1.85. The van der Waals surface area contributed by atoms with Crippen LogP contribution in [0.4, 0.5) is 8.78 Å². The summed E-state index contributed by atoms with van der Waals surface area (Å²) in [7, 11) is 0. The van der Waals surface area contributed by atoms with Crippen LogP contribution in [0.15, 0.2) is 47.8 Å². The first kappa shape index (κ1) is 12.1. The van der Waals surface area contributed by atoms with Crippen molar-refractivity contribution in [3.8, 4) is 0 Å². The average molecular weight is 277 g/mol. The fraction of sp³-hybridized carbons (Fsp3) is 0.0769. The maximum Gasteiger partial charge on any atom is 0.195 e. The second kappa shape index (κ2) is 4.97. The van der Waals surface area contributed by atoms with Crippen molar-refractivity contribution in [3.63, 3.8) is 0 Å². The van der Waals surface area contributed by atoms with Crippen LogP contribution in [-0.4, -0.2) is 14.6 Å².